The minimum atomic E-state index is 0.0688. The lowest BCUT2D eigenvalue weighted by Crippen LogP contribution is -2.29. The maximum absolute atomic E-state index is 12.7. The van der Waals surface area contributed by atoms with E-state index in [1.54, 1.807) is 6.20 Å². The van der Waals surface area contributed by atoms with Crippen molar-refractivity contribution in [3.8, 4) is 22.5 Å². The van der Waals surface area contributed by atoms with Crippen LogP contribution < -0.4 is 10.2 Å². The van der Waals surface area contributed by atoms with Crippen LogP contribution in [0.2, 0.25) is 0 Å². The van der Waals surface area contributed by atoms with Gasteiger partial charge in [-0.3, -0.25) is 14.9 Å². The molecule has 204 valence electrons. The third kappa shape index (κ3) is 4.94. The van der Waals surface area contributed by atoms with Crippen molar-refractivity contribution in [2.24, 2.45) is 5.92 Å². The van der Waals surface area contributed by atoms with E-state index >= 15 is 0 Å². The fourth-order valence-corrected chi connectivity index (χ4v) is 6.48. The summed E-state index contributed by atoms with van der Waals surface area (Å²) < 4.78 is 0. The molecule has 1 saturated carbocycles. The number of nitrogens with zero attached hydrogens (tertiary/aromatic N) is 4. The second-order valence-electron chi connectivity index (χ2n) is 11.4. The average molecular weight is 534 g/mol. The van der Waals surface area contributed by atoms with Crippen LogP contribution in [-0.2, 0) is 4.79 Å². The minimum Gasteiger partial charge on any atom is -0.371 e. The molecule has 1 amide bonds. The van der Waals surface area contributed by atoms with Gasteiger partial charge in [-0.05, 0) is 68.4 Å². The number of pyridine rings is 2. The molecule has 0 atom stereocenters. The Morgan fingerprint density at radius 1 is 0.925 bits per heavy atom. The van der Waals surface area contributed by atoms with Crippen LogP contribution in [0, 0.1) is 5.92 Å². The molecule has 2 fully saturated rings. The van der Waals surface area contributed by atoms with Crippen molar-refractivity contribution < 1.29 is 4.79 Å². The third-order valence-corrected chi connectivity index (χ3v) is 8.57. The first kappa shape index (κ1) is 24.8. The number of piperidine rings is 1. The number of aromatic nitrogens is 5. The Kier molecular flexibility index (Phi) is 6.67. The smallest absolute Gasteiger partial charge is 0.224 e. The largest absolute Gasteiger partial charge is 0.371 e. The molecule has 40 heavy (non-hydrogen) atoms. The van der Waals surface area contributed by atoms with E-state index in [4.69, 9.17) is 0 Å². The van der Waals surface area contributed by atoms with Gasteiger partial charge in [-0.15, -0.1) is 0 Å². The monoisotopic (exact) mass is 533 g/mol. The SMILES string of the molecule is O=C(CC1CCCCC1)Nc1cncc(-c2cnc3n[nH]c(-c4cc5c(N6CCCCC6)cccc5[nH]4)c3c2)c1. The van der Waals surface area contributed by atoms with E-state index in [0.29, 0.717) is 23.7 Å². The van der Waals surface area contributed by atoms with E-state index in [-0.39, 0.29) is 5.91 Å². The van der Waals surface area contributed by atoms with Crippen LogP contribution in [0.3, 0.4) is 0 Å². The van der Waals surface area contributed by atoms with Gasteiger partial charge in [0.1, 0.15) is 0 Å². The molecule has 0 radical (unpaired) electrons. The van der Waals surface area contributed by atoms with Crippen molar-refractivity contribution in [3.05, 3.63) is 55.0 Å². The second kappa shape index (κ2) is 10.8. The van der Waals surface area contributed by atoms with E-state index in [1.165, 1.54) is 49.6 Å². The Morgan fingerprint density at radius 3 is 2.62 bits per heavy atom. The van der Waals surface area contributed by atoms with E-state index in [2.05, 4.69) is 65.7 Å². The lowest BCUT2D eigenvalue weighted by molar-refractivity contribution is -0.117. The first-order valence-corrected chi connectivity index (χ1v) is 14.7. The van der Waals surface area contributed by atoms with E-state index in [9.17, 15) is 4.79 Å². The molecular weight excluding hydrogens is 498 g/mol. The number of aromatic amines is 2. The zero-order chi connectivity index (χ0) is 26.9. The molecule has 0 unspecified atom stereocenters. The molecule has 1 aliphatic carbocycles. The summed E-state index contributed by atoms with van der Waals surface area (Å²) in [6, 6.07) is 12.8. The molecule has 8 heteroatoms. The Labute approximate surface area is 233 Å². The van der Waals surface area contributed by atoms with Crippen LogP contribution in [0.5, 0.6) is 0 Å². The topological polar surface area (TPSA) is 103 Å². The number of benzene rings is 1. The first-order chi connectivity index (χ1) is 19.7. The van der Waals surface area contributed by atoms with E-state index in [0.717, 1.165) is 59.3 Å². The maximum Gasteiger partial charge on any atom is 0.224 e. The van der Waals surface area contributed by atoms with Crippen molar-refractivity contribution in [1.82, 2.24) is 25.1 Å². The van der Waals surface area contributed by atoms with Gasteiger partial charge in [0.2, 0.25) is 5.91 Å². The molecule has 8 nitrogen and oxygen atoms in total. The standard InChI is InChI=1S/C32H35N7O/c40-30(14-21-8-3-1-4-9-21)35-24-15-22(18-33-20-24)23-16-26-31(37-38-32(26)34-19-23)28-17-25-27(36-28)10-7-11-29(25)39-12-5-2-6-13-39/h7,10-11,15-21,36H,1-6,8-9,12-14H2,(H,35,40)(H,34,37,38). The predicted molar refractivity (Wildman–Crippen MR) is 160 cm³/mol. The summed E-state index contributed by atoms with van der Waals surface area (Å²) in [4.78, 5) is 27.9. The summed E-state index contributed by atoms with van der Waals surface area (Å²) in [6.07, 6.45) is 15.8. The highest BCUT2D eigenvalue weighted by Crippen LogP contribution is 2.35. The second-order valence-corrected chi connectivity index (χ2v) is 11.4. The minimum absolute atomic E-state index is 0.0688. The molecule has 2 aliphatic rings. The summed E-state index contributed by atoms with van der Waals surface area (Å²) >= 11 is 0. The number of amides is 1. The number of carbonyl (C=O) groups excluding carboxylic acids is 1. The van der Waals surface area contributed by atoms with Gasteiger partial charge in [-0.25, -0.2) is 4.98 Å². The predicted octanol–water partition coefficient (Wildman–Crippen LogP) is 7.07. The molecule has 3 N–H and O–H groups in total. The van der Waals surface area contributed by atoms with Gasteiger partial charge in [0.15, 0.2) is 5.65 Å². The number of rotatable bonds is 6. The molecule has 4 aromatic heterocycles. The van der Waals surface area contributed by atoms with Gasteiger partial charge in [0.25, 0.3) is 0 Å². The Morgan fingerprint density at radius 2 is 1.75 bits per heavy atom. The Hall–Kier alpha value is -4.20. The van der Waals surface area contributed by atoms with Gasteiger partial charge in [0.05, 0.1) is 23.3 Å². The summed E-state index contributed by atoms with van der Waals surface area (Å²) in [5, 5.41) is 12.9. The number of fused-ring (bicyclic) bond motifs is 2. The van der Waals surface area contributed by atoms with Crippen molar-refractivity contribution in [2.75, 3.05) is 23.3 Å². The highest BCUT2D eigenvalue weighted by molar-refractivity contribution is 6.00. The number of hydrogen-bond acceptors (Lipinski definition) is 5. The van der Waals surface area contributed by atoms with Gasteiger partial charge >= 0.3 is 0 Å². The number of H-pyrrole nitrogens is 2. The van der Waals surface area contributed by atoms with Crippen LogP contribution in [0.1, 0.15) is 57.8 Å². The van der Waals surface area contributed by atoms with Crippen molar-refractivity contribution in [2.45, 2.75) is 57.8 Å². The van der Waals surface area contributed by atoms with E-state index < -0.39 is 0 Å². The van der Waals surface area contributed by atoms with Gasteiger partial charge in [-0.1, -0.05) is 25.3 Å². The molecule has 1 saturated heterocycles. The van der Waals surface area contributed by atoms with Crippen molar-refractivity contribution in [1.29, 1.82) is 0 Å². The van der Waals surface area contributed by atoms with Crippen LogP contribution in [0.25, 0.3) is 44.5 Å². The van der Waals surface area contributed by atoms with Crippen LogP contribution >= 0.6 is 0 Å². The van der Waals surface area contributed by atoms with Gasteiger partial charge < -0.3 is 15.2 Å². The summed E-state index contributed by atoms with van der Waals surface area (Å²) in [6.45, 7) is 2.21. The highest BCUT2D eigenvalue weighted by Gasteiger charge is 2.19. The first-order valence-electron chi connectivity index (χ1n) is 14.7. The summed E-state index contributed by atoms with van der Waals surface area (Å²) in [5.74, 6) is 0.566. The zero-order valence-corrected chi connectivity index (χ0v) is 22.7. The number of nitrogens with one attached hydrogen (secondary N) is 3. The van der Waals surface area contributed by atoms with Gasteiger partial charge in [0, 0.05) is 65.0 Å². The number of hydrogen-bond donors (Lipinski definition) is 3. The molecule has 1 aromatic carbocycles. The molecule has 7 rings (SSSR count). The fourth-order valence-electron chi connectivity index (χ4n) is 6.48. The normalized spacial score (nSPS) is 16.6. The van der Waals surface area contributed by atoms with Crippen molar-refractivity contribution >= 4 is 39.2 Å². The van der Waals surface area contributed by atoms with Crippen LogP contribution in [0.4, 0.5) is 11.4 Å². The number of anilines is 2. The molecule has 0 bridgehead atoms. The molecule has 5 aromatic rings. The molecule has 1 aliphatic heterocycles. The summed E-state index contributed by atoms with van der Waals surface area (Å²) in [7, 11) is 0. The average Bonchev–Trinajstić information content (AvgIpc) is 3.62. The highest BCUT2D eigenvalue weighted by atomic mass is 16.1. The van der Waals surface area contributed by atoms with Crippen LogP contribution in [0.15, 0.2) is 55.0 Å². The zero-order valence-electron chi connectivity index (χ0n) is 22.7. The van der Waals surface area contributed by atoms with E-state index in [1.807, 2.05) is 18.5 Å². The Bertz CT molecular complexity index is 1660. The number of carbonyl (C=O) groups is 1. The van der Waals surface area contributed by atoms with Crippen molar-refractivity contribution in [3.63, 3.8) is 0 Å². The van der Waals surface area contributed by atoms with Crippen LogP contribution in [-0.4, -0.2) is 44.1 Å². The van der Waals surface area contributed by atoms with Gasteiger partial charge in [-0.2, -0.15) is 5.10 Å². The summed E-state index contributed by atoms with van der Waals surface area (Å²) in [5.41, 5.74) is 7.52. The molecule has 0 spiro atoms. The Balaban J connectivity index is 1.17. The molecule has 5 heterocycles. The third-order valence-electron chi connectivity index (χ3n) is 8.57. The fraction of sp³-hybridized carbons (Fsp3) is 0.375. The lowest BCUT2D eigenvalue weighted by atomic mass is 9.87. The maximum atomic E-state index is 12.7. The molecular formula is C32H35N7O. The quantitative estimate of drug-likeness (QED) is 0.217. The lowest BCUT2D eigenvalue weighted by Gasteiger charge is -2.29.